The summed E-state index contributed by atoms with van der Waals surface area (Å²) in [6.45, 7) is 0.328. The number of hydroxylamine groups is 2. The molecule has 7 nitrogen and oxygen atoms in total. The fourth-order valence-corrected chi connectivity index (χ4v) is 3.12. The Balaban J connectivity index is 1.93. The van der Waals surface area contributed by atoms with Crippen molar-refractivity contribution >= 4 is 46.7 Å². The van der Waals surface area contributed by atoms with Crippen LogP contribution in [0, 0.1) is 0 Å². The summed E-state index contributed by atoms with van der Waals surface area (Å²) in [6, 6.07) is 7.37. The van der Waals surface area contributed by atoms with Crippen molar-refractivity contribution in [2.24, 2.45) is 0 Å². The van der Waals surface area contributed by atoms with Gasteiger partial charge in [0.1, 0.15) is 18.6 Å². The van der Waals surface area contributed by atoms with Gasteiger partial charge in [-0.3, -0.25) is 9.59 Å². The zero-order valence-electron chi connectivity index (χ0n) is 15.4. The number of esters is 1. The smallest absolute Gasteiger partial charge is 0.460 e. The number of amides is 2. The van der Waals surface area contributed by atoms with Crippen LogP contribution in [-0.2, 0) is 18.6 Å². The lowest BCUT2D eigenvalue weighted by Crippen LogP contribution is -2.39. The lowest BCUT2D eigenvalue weighted by atomic mass is 9.92. The summed E-state index contributed by atoms with van der Waals surface area (Å²) >= 11 is -0.953. The van der Waals surface area contributed by atoms with E-state index in [1.165, 1.54) is 43.5 Å². The molecule has 0 radical (unpaired) electrons. The minimum Gasteiger partial charge on any atom is -0.460 e. The fourth-order valence-electron chi connectivity index (χ4n) is 2.82. The number of hydrogen-bond acceptors (Lipinski definition) is 7. The van der Waals surface area contributed by atoms with Crippen molar-refractivity contribution in [3.05, 3.63) is 53.1 Å². The normalized spacial score (nSPS) is 14.1. The highest BCUT2D eigenvalue weighted by atomic mass is 32.2. The molecule has 0 unspecified atom stereocenters. The minimum absolute atomic E-state index is 0.00259. The van der Waals surface area contributed by atoms with Gasteiger partial charge in [0.05, 0.1) is 17.7 Å². The number of nitrogens with zero attached hydrogens (tertiary/aromatic N) is 1. The maximum Gasteiger partial charge on any atom is 0.470 e. The van der Waals surface area contributed by atoms with Gasteiger partial charge in [-0.2, -0.15) is 17.5 Å². The van der Waals surface area contributed by atoms with Crippen molar-refractivity contribution in [3.63, 3.8) is 0 Å². The third-order valence-electron chi connectivity index (χ3n) is 4.04. The maximum atomic E-state index is 12.6. The van der Waals surface area contributed by atoms with Crippen LogP contribution >= 0.6 is 12.0 Å². The molecule has 2 aromatic rings. The number of benzene rings is 2. The molecule has 0 N–H and O–H groups in total. The van der Waals surface area contributed by atoms with Crippen LogP contribution in [0.4, 0.5) is 13.2 Å². The molecule has 2 aromatic carbocycles. The first kappa shape index (κ1) is 21.8. The Labute approximate surface area is 172 Å². The number of ether oxygens (including phenoxy) is 2. The van der Waals surface area contributed by atoms with Crippen molar-refractivity contribution in [3.8, 4) is 0 Å². The fraction of sp³-hybridized carbons (Fsp3) is 0.211. The van der Waals surface area contributed by atoms with Crippen LogP contribution in [0.25, 0.3) is 16.8 Å². The summed E-state index contributed by atoms with van der Waals surface area (Å²) in [6.07, 6.45) is 2.64. The van der Waals surface area contributed by atoms with E-state index in [4.69, 9.17) is 9.47 Å². The average Bonchev–Trinajstić information content (AvgIpc) is 2.70. The highest BCUT2D eigenvalue weighted by molar-refractivity contribution is 7.95. The zero-order chi connectivity index (χ0) is 21.9. The summed E-state index contributed by atoms with van der Waals surface area (Å²) in [5, 5.41) is 0.813. The van der Waals surface area contributed by atoms with Crippen LogP contribution in [0.3, 0.4) is 0 Å². The van der Waals surface area contributed by atoms with E-state index in [2.05, 4.69) is 4.28 Å². The first-order chi connectivity index (χ1) is 14.2. The molecule has 0 saturated carbocycles. The van der Waals surface area contributed by atoms with Gasteiger partial charge in [-0.25, -0.2) is 4.79 Å². The average molecular weight is 441 g/mol. The molecule has 0 bridgehead atoms. The van der Waals surface area contributed by atoms with Crippen LogP contribution < -0.4 is 0 Å². The molecular weight excluding hydrogens is 427 g/mol. The number of rotatable bonds is 7. The Morgan fingerprint density at radius 1 is 1.10 bits per heavy atom. The molecule has 3 rings (SSSR count). The Morgan fingerprint density at radius 3 is 2.47 bits per heavy atom. The minimum atomic E-state index is -4.79. The maximum absolute atomic E-state index is 12.6. The summed E-state index contributed by atoms with van der Waals surface area (Å²) in [5.41, 5.74) is -4.27. The number of carbonyl (C=O) groups excluding carboxylic acids is 3. The molecule has 1 aliphatic rings. The molecule has 0 fully saturated rings. The third kappa shape index (κ3) is 4.64. The largest absolute Gasteiger partial charge is 0.470 e. The van der Waals surface area contributed by atoms with Gasteiger partial charge in [0.2, 0.25) is 0 Å². The summed E-state index contributed by atoms with van der Waals surface area (Å²) in [7, 11) is 1.47. The summed E-state index contributed by atoms with van der Waals surface area (Å²) in [5.74, 6) is -2.65. The predicted molar refractivity (Wildman–Crippen MR) is 101 cm³/mol. The topological polar surface area (TPSA) is 82.1 Å². The second kappa shape index (κ2) is 8.86. The number of alkyl halides is 3. The lowest BCUT2D eigenvalue weighted by Gasteiger charge is -2.25. The van der Waals surface area contributed by atoms with Crippen LogP contribution in [0.5, 0.6) is 0 Å². The second-order valence-corrected chi connectivity index (χ2v) is 6.71. The van der Waals surface area contributed by atoms with E-state index in [9.17, 15) is 27.6 Å². The number of imide groups is 1. The van der Waals surface area contributed by atoms with Gasteiger partial charge in [-0.1, -0.05) is 18.2 Å². The Morgan fingerprint density at radius 2 is 1.80 bits per heavy atom. The van der Waals surface area contributed by atoms with Gasteiger partial charge < -0.3 is 9.47 Å². The van der Waals surface area contributed by atoms with Crippen molar-refractivity contribution in [2.45, 2.75) is 5.51 Å². The number of methoxy groups -OCH3 is 1. The van der Waals surface area contributed by atoms with E-state index in [1.54, 1.807) is 6.07 Å². The van der Waals surface area contributed by atoms with Crippen LogP contribution in [-0.4, -0.2) is 48.7 Å². The molecule has 0 atom stereocenters. The number of carbonyl (C=O) groups is 3. The van der Waals surface area contributed by atoms with E-state index in [0.29, 0.717) is 10.9 Å². The SMILES string of the molecule is COCCOC(=O)/C=C/c1ccc2c3c(cccc13)C(=O)N(OSC(F)(F)F)C2=O. The zero-order valence-corrected chi connectivity index (χ0v) is 16.2. The first-order valence-corrected chi connectivity index (χ1v) is 9.18. The van der Waals surface area contributed by atoms with E-state index in [0.717, 1.165) is 0 Å². The number of halogens is 3. The van der Waals surface area contributed by atoms with Gasteiger partial charge in [0, 0.05) is 18.6 Å². The Kier molecular flexibility index (Phi) is 6.44. The van der Waals surface area contributed by atoms with Gasteiger partial charge in [0.15, 0.2) is 0 Å². The summed E-state index contributed by atoms with van der Waals surface area (Å²) < 4.78 is 51.3. The predicted octanol–water partition coefficient (Wildman–Crippen LogP) is 3.74. The van der Waals surface area contributed by atoms with Gasteiger partial charge in [0.25, 0.3) is 11.8 Å². The molecule has 30 heavy (non-hydrogen) atoms. The van der Waals surface area contributed by atoms with E-state index < -0.39 is 35.3 Å². The lowest BCUT2D eigenvalue weighted by molar-refractivity contribution is -0.138. The highest BCUT2D eigenvalue weighted by Crippen LogP contribution is 2.37. The molecule has 158 valence electrons. The molecule has 11 heteroatoms. The van der Waals surface area contributed by atoms with Gasteiger partial charge >= 0.3 is 11.5 Å². The quantitative estimate of drug-likeness (QED) is 0.213. The standard InChI is InChI=1S/C19H14F3NO6S/c1-27-9-10-28-15(24)8-6-11-5-7-14-16-12(11)3-2-4-13(16)17(25)23(18(14)26)29-30-19(20,21)22/h2-8H,9-10H2,1H3/b8-6+. The van der Waals surface area contributed by atoms with Crippen LogP contribution in [0.2, 0.25) is 0 Å². The second-order valence-electron chi connectivity index (χ2n) is 5.93. The number of hydrogen-bond donors (Lipinski definition) is 0. The van der Waals surface area contributed by atoms with Crippen molar-refractivity contribution in [2.75, 3.05) is 20.3 Å². The first-order valence-electron chi connectivity index (χ1n) is 8.44. The Bertz CT molecular complexity index is 1010. The molecule has 2 amide bonds. The molecule has 1 heterocycles. The van der Waals surface area contributed by atoms with E-state index >= 15 is 0 Å². The van der Waals surface area contributed by atoms with Gasteiger partial charge in [-0.05, 0) is 29.2 Å². The van der Waals surface area contributed by atoms with Crippen molar-refractivity contribution in [1.29, 1.82) is 0 Å². The summed E-state index contributed by atoms with van der Waals surface area (Å²) in [4.78, 5) is 36.8. The molecule has 0 aromatic heterocycles. The van der Waals surface area contributed by atoms with Crippen molar-refractivity contribution < 1.29 is 41.3 Å². The molecular formula is C19H14F3NO6S. The molecule has 0 spiro atoms. The van der Waals surface area contributed by atoms with Crippen LogP contribution in [0.1, 0.15) is 26.3 Å². The monoisotopic (exact) mass is 441 g/mol. The molecule has 0 saturated heterocycles. The van der Waals surface area contributed by atoms with Gasteiger partial charge in [-0.15, -0.1) is 5.06 Å². The van der Waals surface area contributed by atoms with E-state index in [1.807, 2.05) is 0 Å². The Hall–Kier alpha value is -2.89. The van der Waals surface area contributed by atoms with Crippen molar-refractivity contribution in [1.82, 2.24) is 5.06 Å². The molecule has 1 aliphatic heterocycles. The molecule has 0 aliphatic carbocycles. The third-order valence-corrected chi connectivity index (χ3v) is 4.45. The highest BCUT2D eigenvalue weighted by Gasteiger charge is 2.39. The van der Waals surface area contributed by atoms with E-state index in [-0.39, 0.29) is 34.8 Å². The van der Waals surface area contributed by atoms with Crippen LogP contribution in [0.15, 0.2) is 36.4 Å².